The van der Waals surface area contributed by atoms with E-state index in [-0.39, 0.29) is 0 Å². The maximum Gasteiger partial charge on any atom is 0.253 e. The summed E-state index contributed by atoms with van der Waals surface area (Å²) in [5, 5.41) is 12.3. The van der Waals surface area contributed by atoms with Crippen molar-refractivity contribution in [2.75, 3.05) is 6.61 Å². The van der Waals surface area contributed by atoms with E-state index in [0.29, 0.717) is 23.8 Å². The second-order valence-corrected chi connectivity index (χ2v) is 2.01. The van der Waals surface area contributed by atoms with E-state index in [1.54, 1.807) is 6.92 Å². The molecule has 1 aliphatic heterocycles. The summed E-state index contributed by atoms with van der Waals surface area (Å²) in [7, 11) is 0. The minimum atomic E-state index is 0.340. The van der Waals surface area contributed by atoms with Crippen LogP contribution in [0.3, 0.4) is 0 Å². The van der Waals surface area contributed by atoms with Crippen LogP contribution in [-0.4, -0.2) is 12.3 Å². The Morgan fingerprint density at radius 1 is 1.64 bits per heavy atom. The lowest BCUT2D eigenvalue weighted by Gasteiger charge is -1.99. The van der Waals surface area contributed by atoms with Crippen molar-refractivity contribution in [2.24, 2.45) is 5.10 Å². The van der Waals surface area contributed by atoms with Crippen molar-refractivity contribution in [1.82, 2.24) is 5.43 Å². The summed E-state index contributed by atoms with van der Waals surface area (Å²) < 4.78 is 5.05. The van der Waals surface area contributed by atoms with E-state index in [1.165, 1.54) is 0 Å². The summed E-state index contributed by atoms with van der Waals surface area (Å²) in [5.74, 6) is 0.340. The third kappa shape index (κ3) is 1.32. The highest BCUT2D eigenvalue weighted by atomic mass is 16.5. The Morgan fingerprint density at radius 3 is 2.91 bits per heavy atom. The molecule has 0 aromatic rings. The van der Waals surface area contributed by atoms with E-state index < -0.39 is 0 Å². The van der Waals surface area contributed by atoms with Crippen LogP contribution in [0, 0.1) is 11.3 Å². The molecule has 1 heterocycles. The van der Waals surface area contributed by atoms with Gasteiger partial charge in [-0.2, -0.15) is 10.4 Å². The normalized spacial score (nSPS) is 15.5. The molecule has 4 nitrogen and oxygen atoms in total. The van der Waals surface area contributed by atoms with Crippen LogP contribution in [0.4, 0.5) is 0 Å². The Labute approximate surface area is 65.2 Å². The molecule has 0 amide bonds. The first kappa shape index (κ1) is 7.61. The minimum absolute atomic E-state index is 0.340. The number of ether oxygens (including phenoxy) is 1. The third-order valence-corrected chi connectivity index (χ3v) is 1.26. The fourth-order valence-corrected chi connectivity index (χ4v) is 0.742. The standard InChI is InChI=1S/C7H8N3O/c1-3-11-7-6(4-8)5(2)9-10-7/h3H2,1-2H3. The van der Waals surface area contributed by atoms with Crippen molar-refractivity contribution < 1.29 is 4.74 Å². The summed E-state index contributed by atoms with van der Waals surface area (Å²) in [6.45, 7) is 4.08. The largest absolute Gasteiger partial charge is 0.476 e. The first-order chi connectivity index (χ1) is 5.29. The van der Waals surface area contributed by atoms with Crippen molar-refractivity contribution in [3.8, 4) is 6.07 Å². The van der Waals surface area contributed by atoms with Gasteiger partial charge in [0.15, 0.2) is 0 Å². The molecule has 0 N–H and O–H groups in total. The molecule has 0 aromatic heterocycles. The lowest BCUT2D eigenvalue weighted by Crippen LogP contribution is -2.00. The molecule has 0 saturated heterocycles. The van der Waals surface area contributed by atoms with Crippen LogP contribution >= 0.6 is 0 Å². The number of hydrogen-bond donors (Lipinski definition) is 0. The van der Waals surface area contributed by atoms with Crippen molar-refractivity contribution in [2.45, 2.75) is 13.8 Å². The number of allylic oxidation sites excluding steroid dienone is 1. The van der Waals surface area contributed by atoms with Crippen molar-refractivity contribution in [3.63, 3.8) is 0 Å². The zero-order valence-electron chi connectivity index (χ0n) is 6.46. The molecule has 1 aliphatic rings. The van der Waals surface area contributed by atoms with Gasteiger partial charge < -0.3 is 4.74 Å². The lowest BCUT2D eigenvalue weighted by atomic mass is 10.2. The number of nitrogens with zero attached hydrogens (tertiary/aromatic N) is 3. The van der Waals surface area contributed by atoms with Crippen LogP contribution in [-0.2, 0) is 4.74 Å². The average molecular weight is 150 g/mol. The van der Waals surface area contributed by atoms with Gasteiger partial charge in [0.05, 0.1) is 12.3 Å². The van der Waals surface area contributed by atoms with Gasteiger partial charge in [-0.15, -0.1) is 5.43 Å². The maximum atomic E-state index is 8.60. The Hall–Kier alpha value is -1.50. The highest BCUT2D eigenvalue weighted by molar-refractivity contribution is 6.03. The zero-order chi connectivity index (χ0) is 8.27. The molecule has 0 aliphatic carbocycles. The molecule has 0 atom stereocenters. The first-order valence-corrected chi connectivity index (χ1v) is 3.32. The second-order valence-electron chi connectivity index (χ2n) is 2.01. The van der Waals surface area contributed by atoms with Gasteiger partial charge in [-0.1, -0.05) is 0 Å². The fraction of sp³-hybridized carbons (Fsp3) is 0.429. The van der Waals surface area contributed by atoms with Gasteiger partial charge in [-0.25, -0.2) is 0 Å². The van der Waals surface area contributed by atoms with Gasteiger partial charge in [0.2, 0.25) is 0 Å². The van der Waals surface area contributed by atoms with Gasteiger partial charge >= 0.3 is 0 Å². The van der Waals surface area contributed by atoms with Crippen molar-refractivity contribution >= 4 is 5.71 Å². The molecular weight excluding hydrogens is 142 g/mol. The summed E-state index contributed by atoms with van der Waals surface area (Å²) in [5.41, 5.74) is 4.74. The summed E-state index contributed by atoms with van der Waals surface area (Å²) >= 11 is 0. The Bertz CT molecular complexity index is 259. The SMILES string of the molecule is CCOC1=C(C#N)C(C)=N[N]1. The van der Waals surface area contributed by atoms with E-state index in [9.17, 15) is 0 Å². The molecule has 0 spiro atoms. The molecule has 0 bridgehead atoms. The third-order valence-electron chi connectivity index (χ3n) is 1.26. The molecule has 1 rings (SSSR count). The van der Waals surface area contributed by atoms with E-state index in [0.717, 1.165) is 0 Å². The second kappa shape index (κ2) is 3.06. The summed E-state index contributed by atoms with van der Waals surface area (Å²) in [4.78, 5) is 0. The molecule has 0 aromatic carbocycles. The predicted octanol–water partition coefficient (Wildman–Crippen LogP) is 0.752. The highest BCUT2D eigenvalue weighted by Crippen LogP contribution is 2.12. The monoisotopic (exact) mass is 150 g/mol. The van der Waals surface area contributed by atoms with E-state index >= 15 is 0 Å². The zero-order valence-corrected chi connectivity index (χ0v) is 6.46. The molecule has 11 heavy (non-hydrogen) atoms. The minimum Gasteiger partial charge on any atom is -0.476 e. The number of hydrogen-bond acceptors (Lipinski definition) is 3. The summed E-state index contributed by atoms with van der Waals surface area (Å²) in [6.07, 6.45) is 0. The molecule has 0 saturated carbocycles. The van der Waals surface area contributed by atoms with Crippen LogP contribution in [0.15, 0.2) is 16.6 Å². The Balaban J connectivity index is 2.81. The molecule has 4 heteroatoms. The van der Waals surface area contributed by atoms with Gasteiger partial charge in [0.25, 0.3) is 5.88 Å². The predicted molar refractivity (Wildman–Crippen MR) is 39.5 cm³/mol. The maximum absolute atomic E-state index is 8.60. The van der Waals surface area contributed by atoms with Crippen molar-refractivity contribution in [1.29, 1.82) is 5.26 Å². The number of nitriles is 1. The van der Waals surface area contributed by atoms with Crippen LogP contribution < -0.4 is 5.43 Å². The molecule has 57 valence electrons. The summed E-state index contributed by atoms with van der Waals surface area (Å²) in [6, 6.07) is 1.98. The Kier molecular flexibility index (Phi) is 2.12. The van der Waals surface area contributed by atoms with E-state index in [1.807, 2.05) is 13.0 Å². The van der Waals surface area contributed by atoms with Crippen LogP contribution in [0.1, 0.15) is 13.8 Å². The molecule has 0 unspecified atom stereocenters. The quantitative estimate of drug-likeness (QED) is 0.583. The topological polar surface area (TPSA) is 59.5 Å². The van der Waals surface area contributed by atoms with Gasteiger partial charge in [-0.05, 0) is 13.8 Å². The molecule has 0 fully saturated rings. The highest BCUT2D eigenvalue weighted by Gasteiger charge is 2.18. The van der Waals surface area contributed by atoms with Crippen LogP contribution in [0.2, 0.25) is 0 Å². The number of rotatable bonds is 2. The smallest absolute Gasteiger partial charge is 0.253 e. The van der Waals surface area contributed by atoms with Gasteiger partial charge in [0, 0.05) is 0 Å². The van der Waals surface area contributed by atoms with Crippen LogP contribution in [0.5, 0.6) is 0 Å². The van der Waals surface area contributed by atoms with E-state index in [2.05, 4.69) is 10.5 Å². The Morgan fingerprint density at radius 2 is 2.36 bits per heavy atom. The van der Waals surface area contributed by atoms with Gasteiger partial charge in [0.1, 0.15) is 11.6 Å². The average Bonchev–Trinajstić information content (AvgIpc) is 2.33. The van der Waals surface area contributed by atoms with E-state index in [4.69, 9.17) is 10.00 Å². The molecular formula is C7H8N3O. The van der Waals surface area contributed by atoms with Crippen LogP contribution in [0.25, 0.3) is 0 Å². The molecule has 1 radical (unpaired) electrons. The van der Waals surface area contributed by atoms with Crippen molar-refractivity contribution in [3.05, 3.63) is 11.5 Å². The van der Waals surface area contributed by atoms with Gasteiger partial charge in [-0.3, -0.25) is 0 Å². The first-order valence-electron chi connectivity index (χ1n) is 3.32. The fourth-order valence-electron chi connectivity index (χ4n) is 0.742. The lowest BCUT2D eigenvalue weighted by molar-refractivity contribution is 0.207.